The molecule has 0 aliphatic rings. The molecule has 5 heteroatoms. The maximum atomic E-state index is 12.0. The molecule has 0 fully saturated rings. The second-order valence-corrected chi connectivity index (χ2v) is 5.05. The lowest BCUT2D eigenvalue weighted by atomic mass is 10.1. The third-order valence-electron chi connectivity index (χ3n) is 2.97. The van der Waals surface area contributed by atoms with E-state index in [4.69, 9.17) is 10.5 Å². The van der Waals surface area contributed by atoms with Gasteiger partial charge in [-0.2, -0.15) is 5.10 Å². The van der Waals surface area contributed by atoms with Crippen LogP contribution in [0.4, 0.5) is 5.69 Å². The van der Waals surface area contributed by atoms with Crippen molar-refractivity contribution in [3.05, 3.63) is 47.3 Å². The summed E-state index contributed by atoms with van der Waals surface area (Å²) in [6.45, 7) is 6.12. The zero-order chi connectivity index (χ0) is 14.7. The molecular weight excluding hydrogens is 254 g/mol. The van der Waals surface area contributed by atoms with Crippen LogP contribution in [-0.2, 0) is 11.3 Å². The molecule has 0 spiro atoms. The van der Waals surface area contributed by atoms with Gasteiger partial charge in [0.2, 0.25) is 0 Å². The summed E-state index contributed by atoms with van der Waals surface area (Å²) in [6.07, 6.45) is 1.87. The summed E-state index contributed by atoms with van der Waals surface area (Å²) in [5.41, 5.74) is 8.29. The van der Waals surface area contributed by atoms with Gasteiger partial charge < -0.3 is 10.5 Å². The molecule has 0 aliphatic carbocycles. The van der Waals surface area contributed by atoms with Gasteiger partial charge in [-0.05, 0) is 39.0 Å². The lowest BCUT2D eigenvalue weighted by molar-refractivity contribution is 0.0468. The third-order valence-corrected chi connectivity index (χ3v) is 2.97. The molecule has 2 rings (SSSR count). The number of benzene rings is 1. The number of nitrogen functional groups attached to an aromatic ring is 1. The molecule has 0 saturated heterocycles. The SMILES string of the molecule is Cc1ccc(N)c(C(=O)OCc2ccn(C(C)C)n2)c1. The van der Waals surface area contributed by atoms with Crippen LogP contribution in [0.25, 0.3) is 0 Å². The van der Waals surface area contributed by atoms with Crippen molar-refractivity contribution in [3.8, 4) is 0 Å². The first-order chi connectivity index (χ1) is 9.47. The van der Waals surface area contributed by atoms with E-state index >= 15 is 0 Å². The van der Waals surface area contributed by atoms with Gasteiger partial charge in [0.05, 0.1) is 11.3 Å². The Bertz CT molecular complexity index is 617. The minimum Gasteiger partial charge on any atom is -0.455 e. The number of nitrogens with two attached hydrogens (primary N) is 1. The van der Waals surface area contributed by atoms with Crippen molar-refractivity contribution in [2.45, 2.75) is 33.4 Å². The number of ether oxygens (including phenoxy) is 1. The van der Waals surface area contributed by atoms with Crippen molar-refractivity contribution in [1.82, 2.24) is 9.78 Å². The van der Waals surface area contributed by atoms with Crippen molar-refractivity contribution >= 4 is 11.7 Å². The molecule has 0 unspecified atom stereocenters. The quantitative estimate of drug-likeness (QED) is 0.687. The number of carbonyl (C=O) groups is 1. The number of rotatable bonds is 4. The Kier molecular flexibility index (Phi) is 4.08. The van der Waals surface area contributed by atoms with Crippen molar-refractivity contribution < 1.29 is 9.53 Å². The summed E-state index contributed by atoms with van der Waals surface area (Å²) in [7, 11) is 0. The van der Waals surface area contributed by atoms with Gasteiger partial charge in [-0.25, -0.2) is 4.79 Å². The molecule has 20 heavy (non-hydrogen) atoms. The van der Waals surface area contributed by atoms with E-state index in [1.807, 2.05) is 43.8 Å². The zero-order valence-electron chi connectivity index (χ0n) is 12.0. The Hall–Kier alpha value is -2.30. The molecule has 2 aromatic rings. The highest BCUT2D eigenvalue weighted by molar-refractivity contribution is 5.95. The molecule has 0 radical (unpaired) electrons. The topological polar surface area (TPSA) is 70.1 Å². The van der Waals surface area contributed by atoms with Gasteiger partial charge in [0.1, 0.15) is 6.61 Å². The monoisotopic (exact) mass is 273 g/mol. The number of aryl methyl sites for hydroxylation is 1. The summed E-state index contributed by atoms with van der Waals surface area (Å²) in [5.74, 6) is -0.426. The van der Waals surface area contributed by atoms with E-state index in [1.54, 1.807) is 12.1 Å². The predicted octanol–water partition coefficient (Wildman–Crippen LogP) is 2.71. The van der Waals surface area contributed by atoms with Crippen LogP contribution in [0, 0.1) is 6.92 Å². The highest BCUT2D eigenvalue weighted by atomic mass is 16.5. The van der Waals surface area contributed by atoms with E-state index in [2.05, 4.69) is 5.10 Å². The smallest absolute Gasteiger partial charge is 0.340 e. The predicted molar refractivity (Wildman–Crippen MR) is 77.3 cm³/mol. The highest BCUT2D eigenvalue weighted by Crippen LogP contribution is 2.15. The number of hydrogen-bond donors (Lipinski definition) is 1. The molecule has 0 atom stereocenters. The molecule has 0 amide bonds. The van der Waals surface area contributed by atoms with Gasteiger partial charge in [0, 0.05) is 17.9 Å². The van der Waals surface area contributed by atoms with Crippen LogP contribution in [0.15, 0.2) is 30.5 Å². The largest absolute Gasteiger partial charge is 0.455 e. The Labute approximate surface area is 118 Å². The van der Waals surface area contributed by atoms with Crippen LogP contribution in [0.3, 0.4) is 0 Å². The maximum absolute atomic E-state index is 12.0. The van der Waals surface area contributed by atoms with Crippen molar-refractivity contribution in [1.29, 1.82) is 0 Å². The number of esters is 1. The van der Waals surface area contributed by atoms with Gasteiger partial charge in [-0.1, -0.05) is 11.6 Å². The Balaban J connectivity index is 2.02. The van der Waals surface area contributed by atoms with Crippen LogP contribution >= 0.6 is 0 Å². The van der Waals surface area contributed by atoms with E-state index in [0.29, 0.717) is 11.3 Å². The maximum Gasteiger partial charge on any atom is 0.340 e. The standard InChI is InChI=1S/C15H19N3O2/c1-10(2)18-7-6-12(17-18)9-20-15(19)13-8-11(3)4-5-14(13)16/h4-8,10H,9,16H2,1-3H3. The molecule has 1 heterocycles. The van der Waals surface area contributed by atoms with Crippen molar-refractivity contribution in [2.75, 3.05) is 5.73 Å². The molecule has 1 aromatic heterocycles. The molecule has 106 valence electrons. The summed E-state index contributed by atoms with van der Waals surface area (Å²) in [4.78, 5) is 12.0. The Morgan fingerprint density at radius 2 is 2.15 bits per heavy atom. The average molecular weight is 273 g/mol. The van der Waals surface area contributed by atoms with Crippen LogP contribution < -0.4 is 5.73 Å². The van der Waals surface area contributed by atoms with E-state index in [1.165, 1.54) is 0 Å². The summed E-state index contributed by atoms with van der Waals surface area (Å²) in [6, 6.07) is 7.42. The average Bonchev–Trinajstić information content (AvgIpc) is 2.88. The zero-order valence-corrected chi connectivity index (χ0v) is 12.0. The molecule has 0 bridgehead atoms. The first kappa shape index (κ1) is 14.1. The minimum atomic E-state index is -0.426. The second-order valence-electron chi connectivity index (χ2n) is 5.05. The number of nitrogens with zero attached hydrogens (tertiary/aromatic N) is 2. The molecule has 0 saturated carbocycles. The van der Waals surface area contributed by atoms with Gasteiger partial charge in [-0.3, -0.25) is 4.68 Å². The third kappa shape index (κ3) is 3.17. The second kappa shape index (κ2) is 5.77. The van der Waals surface area contributed by atoms with Gasteiger partial charge >= 0.3 is 5.97 Å². The lowest BCUT2D eigenvalue weighted by Crippen LogP contribution is -2.09. The number of carbonyl (C=O) groups excluding carboxylic acids is 1. The fraction of sp³-hybridized carbons (Fsp3) is 0.333. The number of aromatic nitrogens is 2. The van der Waals surface area contributed by atoms with Crippen LogP contribution in [-0.4, -0.2) is 15.7 Å². The van der Waals surface area contributed by atoms with Crippen LogP contribution in [0.1, 0.15) is 41.5 Å². The Morgan fingerprint density at radius 1 is 1.40 bits per heavy atom. The van der Waals surface area contributed by atoms with Gasteiger partial charge in [-0.15, -0.1) is 0 Å². The van der Waals surface area contributed by atoms with E-state index < -0.39 is 5.97 Å². The molecule has 5 nitrogen and oxygen atoms in total. The molecular formula is C15H19N3O2. The van der Waals surface area contributed by atoms with Gasteiger partial charge in [0.15, 0.2) is 0 Å². The first-order valence-corrected chi connectivity index (χ1v) is 6.54. The van der Waals surface area contributed by atoms with Crippen LogP contribution in [0.2, 0.25) is 0 Å². The summed E-state index contributed by atoms with van der Waals surface area (Å²) < 4.78 is 7.07. The normalized spacial score (nSPS) is 10.8. The van der Waals surface area contributed by atoms with Crippen molar-refractivity contribution in [2.24, 2.45) is 0 Å². The van der Waals surface area contributed by atoms with Gasteiger partial charge in [0.25, 0.3) is 0 Å². The number of hydrogen-bond acceptors (Lipinski definition) is 4. The highest BCUT2D eigenvalue weighted by Gasteiger charge is 2.12. The first-order valence-electron chi connectivity index (χ1n) is 6.54. The fourth-order valence-electron chi connectivity index (χ4n) is 1.81. The fourth-order valence-corrected chi connectivity index (χ4v) is 1.81. The summed E-state index contributed by atoms with van der Waals surface area (Å²) in [5, 5.41) is 4.32. The van der Waals surface area contributed by atoms with Crippen molar-refractivity contribution in [3.63, 3.8) is 0 Å². The molecule has 1 aromatic carbocycles. The molecule has 2 N–H and O–H groups in total. The van der Waals surface area contributed by atoms with Crippen LogP contribution in [0.5, 0.6) is 0 Å². The van der Waals surface area contributed by atoms with E-state index in [9.17, 15) is 4.79 Å². The summed E-state index contributed by atoms with van der Waals surface area (Å²) >= 11 is 0. The Morgan fingerprint density at radius 3 is 2.80 bits per heavy atom. The van der Waals surface area contributed by atoms with E-state index in [-0.39, 0.29) is 12.6 Å². The molecule has 0 aliphatic heterocycles. The lowest BCUT2D eigenvalue weighted by Gasteiger charge is -2.07. The minimum absolute atomic E-state index is 0.145. The number of anilines is 1. The van der Waals surface area contributed by atoms with E-state index in [0.717, 1.165) is 11.3 Å².